The SMILES string of the molecule is CC(C)(C)NS(=O)(=O)c1cncc(-c2ccc3nc(NC(=O)NCC(=O)N4CCC(NC(=O)OC(C)(C)C)CC4)nn3c2)c1. The van der Waals surface area contributed by atoms with Gasteiger partial charge in [-0.15, -0.1) is 5.10 Å². The molecule has 0 saturated carbocycles. The Kier molecular flexibility index (Phi) is 9.44. The number of hydrogen-bond acceptors (Lipinski definition) is 9. The summed E-state index contributed by atoms with van der Waals surface area (Å²) >= 11 is 0. The van der Waals surface area contributed by atoms with Crippen molar-refractivity contribution < 1.29 is 27.5 Å². The second-order valence-corrected chi connectivity index (χ2v) is 14.2. The van der Waals surface area contributed by atoms with Gasteiger partial charge in [0.05, 0.1) is 6.54 Å². The lowest BCUT2D eigenvalue weighted by molar-refractivity contribution is -0.131. The molecule has 3 aromatic heterocycles. The number of ether oxygens (including phenoxy) is 1. The summed E-state index contributed by atoms with van der Waals surface area (Å²) in [6, 6.07) is 4.19. The highest BCUT2D eigenvalue weighted by Crippen LogP contribution is 2.23. The Morgan fingerprint density at radius 1 is 1.02 bits per heavy atom. The number of alkyl carbamates (subject to hydrolysis) is 1. The van der Waals surface area contributed by atoms with Gasteiger partial charge in [-0.05, 0) is 72.6 Å². The average molecular weight is 630 g/mol. The maximum atomic E-state index is 12.8. The van der Waals surface area contributed by atoms with E-state index < -0.39 is 33.3 Å². The number of carbonyl (C=O) groups is 3. The first kappa shape index (κ1) is 32.6. The highest BCUT2D eigenvalue weighted by atomic mass is 32.2. The van der Waals surface area contributed by atoms with Gasteiger partial charge in [0, 0.05) is 54.4 Å². The van der Waals surface area contributed by atoms with Crippen LogP contribution in [-0.4, -0.2) is 87.7 Å². The molecule has 1 aliphatic rings. The van der Waals surface area contributed by atoms with E-state index in [-0.39, 0.29) is 29.3 Å². The summed E-state index contributed by atoms with van der Waals surface area (Å²) in [4.78, 5) is 47.1. The van der Waals surface area contributed by atoms with Gasteiger partial charge in [0.1, 0.15) is 10.5 Å². The van der Waals surface area contributed by atoms with Crippen LogP contribution in [0.2, 0.25) is 0 Å². The summed E-state index contributed by atoms with van der Waals surface area (Å²) in [5, 5.41) is 12.1. The number of nitrogens with one attached hydrogen (secondary N) is 4. The maximum Gasteiger partial charge on any atom is 0.407 e. The molecular formula is C28H39N9O6S. The van der Waals surface area contributed by atoms with Gasteiger partial charge in [-0.25, -0.2) is 27.2 Å². The molecule has 0 aliphatic carbocycles. The lowest BCUT2D eigenvalue weighted by atomic mass is 10.1. The van der Waals surface area contributed by atoms with E-state index in [4.69, 9.17) is 4.74 Å². The molecule has 0 aromatic carbocycles. The Morgan fingerprint density at radius 3 is 2.39 bits per heavy atom. The van der Waals surface area contributed by atoms with Gasteiger partial charge in [-0.2, -0.15) is 4.98 Å². The quantitative estimate of drug-likeness (QED) is 0.304. The number of sulfonamides is 1. The third-order valence-electron chi connectivity index (χ3n) is 6.32. The van der Waals surface area contributed by atoms with E-state index in [0.29, 0.717) is 42.7 Å². The predicted octanol–water partition coefficient (Wildman–Crippen LogP) is 2.51. The summed E-state index contributed by atoms with van der Waals surface area (Å²) in [5.41, 5.74) is 0.380. The van der Waals surface area contributed by atoms with Crippen LogP contribution in [0, 0.1) is 0 Å². The van der Waals surface area contributed by atoms with Crippen LogP contribution in [-0.2, 0) is 19.6 Å². The zero-order chi connectivity index (χ0) is 32.3. The zero-order valence-electron chi connectivity index (χ0n) is 25.7. The number of pyridine rings is 2. The standard InChI is InChI=1S/C28H39N9O6S/c1-27(2,3)35-44(41,42)21-13-19(14-29-15-21)18-7-8-22-32-24(34-37(22)17-18)33-25(39)30-16-23(38)36-11-9-20(10-12-36)31-26(40)43-28(4,5)6/h7-8,13-15,17,20,35H,9-12,16H2,1-6H3,(H,31,40)(H2,30,33,34,39). The fourth-order valence-corrected chi connectivity index (χ4v) is 5.86. The molecule has 44 heavy (non-hydrogen) atoms. The number of amides is 4. The molecule has 4 heterocycles. The second kappa shape index (κ2) is 12.7. The zero-order valence-corrected chi connectivity index (χ0v) is 26.5. The molecule has 4 rings (SSSR count). The molecule has 0 unspecified atom stereocenters. The van der Waals surface area contributed by atoms with Crippen LogP contribution in [0.1, 0.15) is 54.4 Å². The first-order chi connectivity index (χ1) is 20.5. The Balaban J connectivity index is 1.30. The smallest absolute Gasteiger partial charge is 0.407 e. The van der Waals surface area contributed by atoms with Crippen LogP contribution in [0.4, 0.5) is 15.5 Å². The summed E-state index contributed by atoms with van der Waals surface area (Å²) in [6.45, 7) is 11.3. The molecule has 16 heteroatoms. The molecule has 4 amide bonds. The van der Waals surface area contributed by atoms with Crippen molar-refractivity contribution in [1.29, 1.82) is 0 Å². The molecule has 1 saturated heterocycles. The highest BCUT2D eigenvalue weighted by molar-refractivity contribution is 7.89. The molecule has 0 spiro atoms. The number of urea groups is 1. The molecule has 1 aliphatic heterocycles. The van der Waals surface area contributed by atoms with Crippen molar-refractivity contribution in [1.82, 2.24) is 39.8 Å². The van der Waals surface area contributed by atoms with Crippen LogP contribution < -0.4 is 20.7 Å². The summed E-state index contributed by atoms with van der Waals surface area (Å²) in [6.07, 6.45) is 5.13. The third-order valence-corrected chi connectivity index (χ3v) is 8.05. The van der Waals surface area contributed by atoms with E-state index in [1.807, 2.05) is 0 Å². The van der Waals surface area contributed by atoms with Crippen molar-refractivity contribution in [3.05, 3.63) is 36.8 Å². The van der Waals surface area contributed by atoms with E-state index in [1.165, 1.54) is 23.0 Å². The van der Waals surface area contributed by atoms with Crippen molar-refractivity contribution in [2.45, 2.75) is 76.5 Å². The topological polar surface area (TPSA) is 189 Å². The molecule has 3 aromatic rings. The number of fused-ring (bicyclic) bond motifs is 1. The van der Waals surface area contributed by atoms with E-state index in [2.05, 4.69) is 35.7 Å². The third kappa shape index (κ3) is 9.09. The van der Waals surface area contributed by atoms with Gasteiger partial charge in [-0.3, -0.25) is 15.1 Å². The molecule has 238 valence electrons. The van der Waals surface area contributed by atoms with E-state index >= 15 is 0 Å². The molecule has 15 nitrogen and oxygen atoms in total. The first-order valence-corrected chi connectivity index (χ1v) is 15.6. The average Bonchev–Trinajstić information content (AvgIpc) is 3.31. The number of piperidine rings is 1. The number of carbonyl (C=O) groups excluding carboxylic acids is 3. The summed E-state index contributed by atoms with van der Waals surface area (Å²) < 4.78 is 34.8. The number of rotatable bonds is 7. The van der Waals surface area contributed by atoms with Crippen LogP contribution in [0.15, 0.2) is 41.7 Å². The minimum atomic E-state index is -3.78. The minimum absolute atomic E-state index is 0.0185. The molecule has 0 bridgehead atoms. The van der Waals surface area contributed by atoms with E-state index in [1.54, 1.807) is 64.8 Å². The fraction of sp³-hybridized carbons (Fsp3) is 0.500. The normalized spacial score (nSPS) is 14.7. The first-order valence-electron chi connectivity index (χ1n) is 14.2. The van der Waals surface area contributed by atoms with Crippen molar-refractivity contribution in [3.63, 3.8) is 0 Å². The molecule has 1 fully saturated rings. The van der Waals surface area contributed by atoms with Crippen molar-refractivity contribution >= 4 is 39.7 Å². The van der Waals surface area contributed by atoms with Gasteiger partial charge in [0.2, 0.25) is 15.9 Å². The Labute approximate surface area is 256 Å². The van der Waals surface area contributed by atoms with Crippen LogP contribution in [0.5, 0.6) is 0 Å². The largest absolute Gasteiger partial charge is 0.444 e. The molecular weight excluding hydrogens is 590 g/mol. The lowest BCUT2D eigenvalue weighted by Gasteiger charge is -2.32. The van der Waals surface area contributed by atoms with Crippen LogP contribution in [0.25, 0.3) is 16.8 Å². The van der Waals surface area contributed by atoms with Gasteiger partial charge in [0.15, 0.2) is 5.65 Å². The minimum Gasteiger partial charge on any atom is -0.444 e. The highest BCUT2D eigenvalue weighted by Gasteiger charge is 2.26. The molecule has 0 atom stereocenters. The van der Waals surface area contributed by atoms with Crippen molar-refractivity contribution in [2.75, 3.05) is 25.0 Å². The van der Waals surface area contributed by atoms with E-state index in [0.717, 1.165) is 0 Å². The van der Waals surface area contributed by atoms with Gasteiger partial charge < -0.3 is 20.3 Å². The lowest BCUT2D eigenvalue weighted by Crippen LogP contribution is -2.49. The number of nitrogens with zero attached hydrogens (tertiary/aromatic N) is 5. The van der Waals surface area contributed by atoms with Gasteiger partial charge in [0.25, 0.3) is 5.95 Å². The Hall–Kier alpha value is -4.31. The number of likely N-dealkylation sites (tertiary alicyclic amines) is 1. The van der Waals surface area contributed by atoms with E-state index in [9.17, 15) is 22.8 Å². The monoisotopic (exact) mass is 629 g/mol. The number of aromatic nitrogens is 4. The second-order valence-electron chi connectivity index (χ2n) is 12.5. The maximum absolute atomic E-state index is 12.8. The Morgan fingerprint density at radius 2 is 1.73 bits per heavy atom. The van der Waals surface area contributed by atoms with Crippen LogP contribution in [0.3, 0.4) is 0 Å². The van der Waals surface area contributed by atoms with Gasteiger partial charge >= 0.3 is 12.1 Å². The summed E-state index contributed by atoms with van der Waals surface area (Å²) in [5.74, 6) is -0.232. The van der Waals surface area contributed by atoms with Crippen LogP contribution >= 0.6 is 0 Å². The molecule has 0 radical (unpaired) electrons. The molecule has 4 N–H and O–H groups in total. The van der Waals surface area contributed by atoms with Crippen molar-refractivity contribution in [3.8, 4) is 11.1 Å². The predicted molar refractivity (Wildman–Crippen MR) is 162 cm³/mol. The Bertz CT molecular complexity index is 1630. The summed E-state index contributed by atoms with van der Waals surface area (Å²) in [7, 11) is -3.78. The fourth-order valence-electron chi connectivity index (χ4n) is 4.45. The number of anilines is 1. The van der Waals surface area contributed by atoms with Gasteiger partial charge in [-0.1, -0.05) is 0 Å². The number of hydrogen-bond donors (Lipinski definition) is 4. The van der Waals surface area contributed by atoms with Crippen molar-refractivity contribution in [2.24, 2.45) is 0 Å².